The fraction of sp³-hybridized carbons (Fsp3) is 0.467. The molecule has 23 heavy (non-hydrogen) atoms. The predicted molar refractivity (Wildman–Crippen MR) is 76.5 cm³/mol. The van der Waals surface area contributed by atoms with Crippen LogP contribution in [-0.2, 0) is 15.8 Å². The van der Waals surface area contributed by atoms with Gasteiger partial charge in [-0.15, -0.1) is 0 Å². The van der Waals surface area contributed by atoms with Gasteiger partial charge in [0, 0.05) is 5.69 Å². The number of aliphatic hydroxyl groups excluding tert-OH is 1. The molecule has 1 fully saturated rings. The monoisotopic (exact) mass is 330 g/mol. The Morgan fingerprint density at radius 1 is 1.13 bits per heavy atom. The lowest BCUT2D eigenvalue weighted by Crippen LogP contribution is -2.48. The van der Waals surface area contributed by atoms with E-state index in [1.54, 1.807) is 0 Å². The van der Waals surface area contributed by atoms with Crippen LogP contribution in [0.25, 0.3) is 0 Å². The zero-order valence-corrected chi connectivity index (χ0v) is 12.2. The highest BCUT2D eigenvalue weighted by atomic mass is 19.4. The van der Waals surface area contributed by atoms with Crippen molar-refractivity contribution in [2.24, 2.45) is 0 Å². The number of amides is 2. The maximum Gasteiger partial charge on any atom is 0.416 e. The molecular formula is C15H17F3N2O3. The van der Waals surface area contributed by atoms with Crippen LogP contribution < -0.4 is 10.6 Å². The van der Waals surface area contributed by atoms with Crippen molar-refractivity contribution in [1.82, 2.24) is 5.32 Å². The smallest absolute Gasteiger partial charge is 0.391 e. The molecule has 1 aromatic rings. The minimum atomic E-state index is -4.53. The average Bonchev–Trinajstić information content (AvgIpc) is 2.49. The molecule has 1 aromatic carbocycles. The van der Waals surface area contributed by atoms with E-state index in [0.717, 1.165) is 31.0 Å². The van der Waals surface area contributed by atoms with Gasteiger partial charge in [0.05, 0.1) is 17.7 Å². The number of hydrogen-bond acceptors (Lipinski definition) is 3. The number of nitrogens with one attached hydrogen (secondary N) is 2. The number of carbonyl (C=O) groups excluding carboxylic acids is 2. The first kappa shape index (κ1) is 17.3. The molecule has 1 aliphatic rings. The summed E-state index contributed by atoms with van der Waals surface area (Å²) in [5.74, 6) is -2.05. The van der Waals surface area contributed by atoms with Crippen LogP contribution in [0.15, 0.2) is 24.3 Å². The van der Waals surface area contributed by atoms with E-state index >= 15 is 0 Å². The highest BCUT2D eigenvalue weighted by Crippen LogP contribution is 2.30. The molecule has 2 unspecified atom stereocenters. The van der Waals surface area contributed by atoms with Crippen molar-refractivity contribution < 1.29 is 27.9 Å². The highest BCUT2D eigenvalue weighted by molar-refractivity contribution is 6.39. The molecule has 0 aromatic heterocycles. The zero-order chi connectivity index (χ0) is 17.0. The summed E-state index contributed by atoms with van der Waals surface area (Å²) in [6.45, 7) is 0. The fourth-order valence-electron chi connectivity index (χ4n) is 2.47. The Bertz CT molecular complexity index is 590. The van der Waals surface area contributed by atoms with Crippen LogP contribution in [0.5, 0.6) is 0 Å². The first-order valence-corrected chi connectivity index (χ1v) is 7.24. The molecule has 2 rings (SSSR count). The van der Waals surface area contributed by atoms with Crippen molar-refractivity contribution in [3.8, 4) is 0 Å². The van der Waals surface area contributed by atoms with Crippen molar-refractivity contribution >= 4 is 17.5 Å². The van der Waals surface area contributed by atoms with Gasteiger partial charge in [-0.25, -0.2) is 0 Å². The van der Waals surface area contributed by atoms with Gasteiger partial charge < -0.3 is 15.7 Å². The largest absolute Gasteiger partial charge is 0.416 e. The second-order valence-corrected chi connectivity index (χ2v) is 5.46. The Morgan fingerprint density at radius 3 is 2.48 bits per heavy atom. The van der Waals surface area contributed by atoms with Crippen molar-refractivity contribution in [1.29, 1.82) is 0 Å². The maximum absolute atomic E-state index is 12.6. The van der Waals surface area contributed by atoms with Gasteiger partial charge in [-0.2, -0.15) is 13.2 Å². The fourth-order valence-corrected chi connectivity index (χ4v) is 2.47. The Morgan fingerprint density at radius 2 is 1.83 bits per heavy atom. The van der Waals surface area contributed by atoms with Gasteiger partial charge in [0.2, 0.25) is 0 Å². The lowest BCUT2D eigenvalue weighted by atomic mass is 9.92. The van der Waals surface area contributed by atoms with Gasteiger partial charge in [0.1, 0.15) is 0 Å². The summed E-state index contributed by atoms with van der Waals surface area (Å²) < 4.78 is 37.8. The molecule has 5 nitrogen and oxygen atoms in total. The zero-order valence-electron chi connectivity index (χ0n) is 12.2. The average molecular weight is 330 g/mol. The maximum atomic E-state index is 12.6. The molecule has 126 valence electrons. The van der Waals surface area contributed by atoms with E-state index in [1.807, 2.05) is 0 Å². The van der Waals surface area contributed by atoms with Gasteiger partial charge in [-0.05, 0) is 31.0 Å². The molecule has 8 heteroatoms. The van der Waals surface area contributed by atoms with Crippen LogP contribution in [0, 0.1) is 0 Å². The number of halogens is 3. The molecule has 2 amide bonds. The summed E-state index contributed by atoms with van der Waals surface area (Å²) in [4.78, 5) is 23.6. The Kier molecular flexibility index (Phi) is 5.25. The number of aliphatic hydroxyl groups is 1. The molecule has 2 atom stereocenters. The molecule has 0 radical (unpaired) electrons. The second kappa shape index (κ2) is 6.99. The topological polar surface area (TPSA) is 78.4 Å². The van der Waals surface area contributed by atoms with Crippen LogP contribution >= 0.6 is 0 Å². The SMILES string of the molecule is O=C(Nc1cccc(C(F)(F)F)c1)C(=O)NC1CCCCC1O. The Balaban J connectivity index is 1.97. The van der Waals surface area contributed by atoms with Crippen LogP contribution in [-0.4, -0.2) is 29.1 Å². The highest BCUT2D eigenvalue weighted by Gasteiger charge is 2.31. The van der Waals surface area contributed by atoms with Gasteiger partial charge in [-0.3, -0.25) is 9.59 Å². The van der Waals surface area contributed by atoms with Crippen LogP contribution in [0.2, 0.25) is 0 Å². The number of benzene rings is 1. The normalized spacial score (nSPS) is 21.6. The van der Waals surface area contributed by atoms with Gasteiger partial charge >= 0.3 is 18.0 Å². The summed E-state index contributed by atoms with van der Waals surface area (Å²) in [7, 11) is 0. The third kappa shape index (κ3) is 4.69. The number of anilines is 1. The Hall–Kier alpha value is -2.09. The van der Waals surface area contributed by atoms with E-state index in [0.29, 0.717) is 12.8 Å². The lowest BCUT2D eigenvalue weighted by Gasteiger charge is -2.27. The van der Waals surface area contributed by atoms with Crippen molar-refractivity contribution in [2.75, 3.05) is 5.32 Å². The third-order valence-electron chi connectivity index (χ3n) is 3.70. The summed E-state index contributed by atoms with van der Waals surface area (Å²) in [6.07, 6.45) is -2.46. The predicted octanol–water partition coefficient (Wildman–Crippen LogP) is 2.06. The number of carbonyl (C=O) groups is 2. The van der Waals surface area contributed by atoms with E-state index in [-0.39, 0.29) is 5.69 Å². The van der Waals surface area contributed by atoms with Crippen LogP contribution in [0.3, 0.4) is 0 Å². The molecule has 1 saturated carbocycles. The van der Waals surface area contributed by atoms with E-state index in [2.05, 4.69) is 10.6 Å². The summed E-state index contributed by atoms with van der Waals surface area (Å²) in [5, 5.41) is 14.3. The molecule has 1 aliphatic carbocycles. The van der Waals surface area contributed by atoms with Crippen molar-refractivity contribution in [2.45, 2.75) is 44.0 Å². The first-order valence-electron chi connectivity index (χ1n) is 7.24. The Labute approximate surface area is 130 Å². The van der Waals surface area contributed by atoms with Gasteiger partial charge in [0.15, 0.2) is 0 Å². The second-order valence-electron chi connectivity index (χ2n) is 5.46. The minimum absolute atomic E-state index is 0.121. The summed E-state index contributed by atoms with van der Waals surface area (Å²) in [5.41, 5.74) is -1.04. The lowest BCUT2D eigenvalue weighted by molar-refractivity contribution is -0.137. The van der Waals surface area contributed by atoms with Gasteiger partial charge in [0.25, 0.3) is 0 Å². The quantitative estimate of drug-likeness (QED) is 0.726. The van der Waals surface area contributed by atoms with Crippen molar-refractivity contribution in [3.05, 3.63) is 29.8 Å². The number of alkyl halides is 3. The minimum Gasteiger partial charge on any atom is -0.391 e. The molecule has 0 saturated heterocycles. The number of hydrogen-bond donors (Lipinski definition) is 3. The molecule has 0 spiro atoms. The van der Waals surface area contributed by atoms with E-state index in [1.165, 1.54) is 6.07 Å². The molecule has 3 N–H and O–H groups in total. The standard InChI is InChI=1S/C15H17F3N2O3/c16-15(17,18)9-4-3-5-10(8-9)19-13(22)14(23)20-11-6-1-2-7-12(11)21/h3-5,8,11-12,21H,1-2,6-7H2,(H,19,22)(H,20,23). The summed E-state index contributed by atoms with van der Waals surface area (Å²) >= 11 is 0. The first-order chi connectivity index (χ1) is 10.8. The van der Waals surface area contributed by atoms with Crippen molar-refractivity contribution in [3.63, 3.8) is 0 Å². The van der Waals surface area contributed by atoms with E-state index in [4.69, 9.17) is 0 Å². The van der Waals surface area contributed by atoms with E-state index < -0.39 is 35.7 Å². The molecule has 0 bridgehead atoms. The molecule has 0 heterocycles. The van der Waals surface area contributed by atoms with E-state index in [9.17, 15) is 27.9 Å². The van der Waals surface area contributed by atoms with Crippen LogP contribution in [0.4, 0.5) is 18.9 Å². The number of rotatable bonds is 2. The molecule has 0 aliphatic heterocycles. The third-order valence-corrected chi connectivity index (χ3v) is 3.70. The van der Waals surface area contributed by atoms with Crippen LogP contribution in [0.1, 0.15) is 31.2 Å². The van der Waals surface area contributed by atoms with Gasteiger partial charge in [-0.1, -0.05) is 18.9 Å². The summed E-state index contributed by atoms with van der Waals surface area (Å²) in [6, 6.07) is 3.51. The molecular weight excluding hydrogens is 313 g/mol.